The smallest absolute Gasteiger partial charge is 0.144 e. The van der Waals surface area contributed by atoms with E-state index in [9.17, 15) is 0 Å². The van der Waals surface area contributed by atoms with Crippen LogP contribution in [0.2, 0.25) is 10.0 Å². The Hall–Kier alpha value is -0.600. The molecular weight excluding hydrogens is 245 g/mol. The van der Waals surface area contributed by atoms with Gasteiger partial charge in [-0.1, -0.05) is 29.6 Å². The highest BCUT2D eigenvalue weighted by Gasteiger charge is 2.16. The third-order valence-electron chi connectivity index (χ3n) is 2.90. The van der Waals surface area contributed by atoms with Gasteiger partial charge in [-0.15, -0.1) is 0 Å². The van der Waals surface area contributed by atoms with Crippen LogP contribution in [0.1, 0.15) is 32.1 Å². The average molecular weight is 260 g/mol. The molecule has 0 spiro atoms. The standard InChI is InChI=1S/C12H15Cl2NO/c13-9-6-11(15)12(7-10(9)14)16-8-4-2-1-3-5-8/h6-8H,1-5,15H2. The number of anilines is 1. The Labute approximate surface area is 106 Å². The number of ether oxygens (including phenoxy) is 1. The maximum Gasteiger partial charge on any atom is 0.144 e. The second-order valence-corrected chi connectivity index (χ2v) is 5.00. The Kier molecular flexibility index (Phi) is 3.82. The molecule has 2 rings (SSSR count). The van der Waals surface area contributed by atoms with Crippen LogP contribution in [-0.2, 0) is 0 Å². The zero-order valence-corrected chi connectivity index (χ0v) is 10.5. The van der Waals surface area contributed by atoms with Gasteiger partial charge in [0.2, 0.25) is 0 Å². The number of halogens is 2. The van der Waals surface area contributed by atoms with Crippen molar-refractivity contribution in [3.8, 4) is 5.75 Å². The Morgan fingerprint density at radius 3 is 2.38 bits per heavy atom. The summed E-state index contributed by atoms with van der Waals surface area (Å²) in [4.78, 5) is 0. The molecule has 1 aromatic rings. The third-order valence-corrected chi connectivity index (χ3v) is 3.62. The first-order valence-corrected chi connectivity index (χ1v) is 6.33. The van der Waals surface area contributed by atoms with E-state index >= 15 is 0 Å². The van der Waals surface area contributed by atoms with Crippen molar-refractivity contribution in [1.29, 1.82) is 0 Å². The van der Waals surface area contributed by atoms with Crippen LogP contribution in [0.4, 0.5) is 5.69 Å². The summed E-state index contributed by atoms with van der Waals surface area (Å²) in [6, 6.07) is 3.34. The van der Waals surface area contributed by atoms with Gasteiger partial charge in [-0.2, -0.15) is 0 Å². The van der Waals surface area contributed by atoms with E-state index in [2.05, 4.69) is 0 Å². The fourth-order valence-electron chi connectivity index (χ4n) is 2.01. The van der Waals surface area contributed by atoms with Crippen molar-refractivity contribution in [3.63, 3.8) is 0 Å². The number of hydrogen-bond acceptors (Lipinski definition) is 2. The van der Waals surface area contributed by atoms with Crippen molar-refractivity contribution < 1.29 is 4.74 Å². The van der Waals surface area contributed by atoms with Crippen LogP contribution in [-0.4, -0.2) is 6.10 Å². The summed E-state index contributed by atoms with van der Waals surface area (Å²) in [5.41, 5.74) is 6.39. The lowest BCUT2D eigenvalue weighted by atomic mass is 9.98. The van der Waals surface area contributed by atoms with E-state index in [0.717, 1.165) is 12.8 Å². The monoisotopic (exact) mass is 259 g/mol. The summed E-state index contributed by atoms with van der Waals surface area (Å²) in [7, 11) is 0. The van der Waals surface area contributed by atoms with Gasteiger partial charge in [-0.05, 0) is 31.7 Å². The molecule has 0 atom stereocenters. The molecule has 0 saturated heterocycles. The summed E-state index contributed by atoms with van der Waals surface area (Å²) >= 11 is 11.8. The fourth-order valence-corrected chi connectivity index (χ4v) is 2.33. The molecule has 4 heteroatoms. The van der Waals surface area contributed by atoms with Crippen LogP contribution in [0.15, 0.2) is 12.1 Å². The van der Waals surface area contributed by atoms with Crippen LogP contribution < -0.4 is 10.5 Å². The molecule has 16 heavy (non-hydrogen) atoms. The van der Waals surface area contributed by atoms with Crippen LogP contribution in [0.3, 0.4) is 0 Å². The van der Waals surface area contributed by atoms with Crippen LogP contribution >= 0.6 is 23.2 Å². The largest absolute Gasteiger partial charge is 0.488 e. The topological polar surface area (TPSA) is 35.2 Å². The second-order valence-electron chi connectivity index (χ2n) is 4.18. The van der Waals surface area contributed by atoms with Gasteiger partial charge >= 0.3 is 0 Å². The molecule has 0 amide bonds. The summed E-state index contributed by atoms with van der Waals surface area (Å²) in [6.07, 6.45) is 6.22. The number of hydrogen-bond donors (Lipinski definition) is 1. The van der Waals surface area contributed by atoms with E-state index in [1.807, 2.05) is 0 Å². The normalized spacial score (nSPS) is 17.4. The number of rotatable bonds is 2. The van der Waals surface area contributed by atoms with Gasteiger partial charge in [0.05, 0.1) is 21.8 Å². The van der Waals surface area contributed by atoms with E-state index in [1.165, 1.54) is 19.3 Å². The highest BCUT2D eigenvalue weighted by atomic mass is 35.5. The van der Waals surface area contributed by atoms with Crippen LogP contribution in [0.5, 0.6) is 5.75 Å². The maximum absolute atomic E-state index is 5.94. The highest BCUT2D eigenvalue weighted by molar-refractivity contribution is 6.42. The van der Waals surface area contributed by atoms with E-state index in [4.69, 9.17) is 33.7 Å². The van der Waals surface area contributed by atoms with Gasteiger partial charge in [0, 0.05) is 6.07 Å². The van der Waals surface area contributed by atoms with Gasteiger partial charge in [-0.3, -0.25) is 0 Å². The highest BCUT2D eigenvalue weighted by Crippen LogP contribution is 2.34. The summed E-state index contributed by atoms with van der Waals surface area (Å²) < 4.78 is 5.85. The Balaban J connectivity index is 2.11. The zero-order valence-electron chi connectivity index (χ0n) is 9.01. The van der Waals surface area contributed by atoms with Crippen molar-refractivity contribution in [3.05, 3.63) is 22.2 Å². The molecular formula is C12H15Cl2NO. The quantitative estimate of drug-likeness (QED) is 0.805. The minimum atomic E-state index is 0.272. The Bertz CT molecular complexity index is 376. The lowest BCUT2D eigenvalue weighted by Crippen LogP contribution is -2.20. The molecule has 0 radical (unpaired) electrons. The minimum absolute atomic E-state index is 0.272. The molecule has 1 aromatic carbocycles. The Morgan fingerprint density at radius 2 is 1.69 bits per heavy atom. The summed E-state index contributed by atoms with van der Waals surface area (Å²) in [5, 5.41) is 0.955. The van der Waals surface area contributed by atoms with Crippen molar-refractivity contribution >= 4 is 28.9 Å². The van der Waals surface area contributed by atoms with E-state index in [-0.39, 0.29) is 6.10 Å². The van der Waals surface area contributed by atoms with Gasteiger partial charge in [0.25, 0.3) is 0 Å². The summed E-state index contributed by atoms with van der Waals surface area (Å²) in [5.74, 6) is 0.654. The van der Waals surface area contributed by atoms with Crippen molar-refractivity contribution in [2.75, 3.05) is 5.73 Å². The van der Waals surface area contributed by atoms with E-state index in [0.29, 0.717) is 21.5 Å². The molecule has 1 fully saturated rings. The van der Waals surface area contributed by atoms with Crippen LogP contribution in [0, 0.1) is 0 Å². The SMILES string of the molecule is Nc1cc(Cl)c(Cl)cc1OC1CCCCC1. The van der Waals surface area contributed by atoms with Gasteiger partial charge in [0.15, 0.2) is 0 Å². The molecule has 0 aromatic heterocycles. The number of nitrogens with two attached hydrogens (primary N) is 1. The minimum Gasteiger partial charge on any atom is -0.488 e. The number of benzene rings is 1. The Morgan fingerprint density at radius 1 is 1.06 bits per heavy atom. The average Bonchev–Trinajstić information content (AvgIpc) is 2.27. The third kappa shape index (κ3) is 2.74. The second kappa shape index (κ2) is 5.15. The van der Waals surface area contributed by atoms with Crippen LogP contribution in [0.25, 0.3) is 0 Å². The van der Waals surface area contributed by atoms with Crippen molar-refractivity contribution in [1.82, 2.24) is 0 Å². The molecule has 2 nitrogen and oxygen atoms in total. The van der Waals surface area contributed by atoms with E-state index < -0.39 is 0 Å². The molecule has 0 aliphatic heterocycles. The van der Waals surface area contributed by atoms with Gasteiger partial charge in [-0.25, -0.2) is 0 Å². The maximum atomic E-state index is 5.94. The molecule has 1 aliphatic rings. The van der Waals surface area contributed by atoms with Gasteiger partial charge < -0.3 is 10.5 Å². The van der Waals surface area contributed by atoms with Crippen molar-refractivity contribution in [2.24, 2.45) is 0 Å². The number of nitrogen functional groups attached to an aromatic ring is 1. The molecule has 88 valence electrons. The molecule has 2 N–H and O–H groups in total. The van der Waals surface area contributed by atoms with E-state index in [1.54, 1.807) is 12.1 Å². The first-order valence-electron chi connectivity index (χ1n) is 5.58. The molecule has 0 bridgehead atoms. The first kappa shape index (κ1) is 11.9. The zero-order chi connectivity index (χ0) is 11.5. The molecule has 0 unspecified atom stereocenters. The summed E-state index contributed by atoms with van der Waals surface area (Å²) in [6.45, 7) is 0. The molecule has 1 saturated carbocycles. The predicted molar refractivity (Wildman–Crippen MR) is 68.4 cm³/mol. The molecule has 1 aliphatic carbocycles. The predicted octanol–water partition coefficient (Wildman–Crippen LogP) is 4.29. The molecule has 0 heterocycles. The first-order chi connectivity index (χ1) is 7.66. The lowest BCUT2D eigenvalue weighted by molar-refractivity contribution is 0.156. The van der Waals surface area contributed by atoms with Gasteiger partial charge in [0.1, 0.15) is 5.75 Å². The lowest BCUT2D eigenvalue weighted by Gasteiger charge is -2.23. The van der Waals surface area contributed by atoms with Crippen molar-refractivity contribution in [2.45, 2.75) is 38.2 Å². The fraction of sp³-hybridized carbons (Fsp3) is 0.500.